The molecule has 0 saturated carbocycles. The lowest BCUT2D eigenvalue weighted by atomic mass is 9.97. The van der Waals surface area contributed by atoms with E-state index in [4.69, 9.17) is 4.74 Å². The van der Waals surface area contributed by atoms with Gasteiger partial charge in [-0.1, -0.05) is 50.2 Å². The molecule has 1 N–H and O–H groups in total. The van der Waals surface area contributed by atoms with Gasteiger partial charge in [0.05, 0.1) is 5.39 Å². The van der Waals surface area contributed by atoms with Gasteiger partial charge in [0.1, 0.15) is 0 Å². The van der Waals surface area contributed by atoms with Gasteiger partial charge in [-0.2, -0.15) is 5.10 Å². The maximum absolute atomic E-state index is 12.8. The minimum absolute atomic E-state index is 0.0108. The molecule has 3 rings (SSSR count). The molecule has 2 atom stereocenters. The van der Waals surface area contributed by atoms with Crippen LogP contribution in [0, 0.1) is 0 Å². The monoisotopic (exact) mass is 421 g/mol. The number of anilines is 1. The van der Waals surface area contributed by atoms with Crippen LogP contribution >= 0.6 is 0 Å². The summed E-state index contributed by atoms with van der Waals surface area (Å²) in [5.74, 6) is -0.909. The molecule has 0 spiro atoms. The van der Waals surface area contributed by atoms with Crippen LogP contribution < -0.4 is 10.9 Å². The topological polar surface area (TPSA) is 90.3 Å². The first-order valence-corrected chi connectivity index (χ1v) is 10.5. The van der Waals surface area contributed by atoms with Crippen molar-refractivity contribution < 1.29 is 14.3 Å². The Morgan fingerprint density at radius 2 is 1.68 bits per heavy atom. The van der Waals surface area contributed by atoms with E-state index >= 15 is 0 Å². The molecule has 7 nitrogen and oxygen atoms in total. The number of nitrogens with zero attached hydrogens (tertiary/aromatic N) is 2. The van der Waals surface area contributed by atoms with Crippen molar-refractivity contribution in [2.24, 2.45) is 0 Å². The molecule has 0 unspecified atom stereocenters. The number of aromatic nitrogens is 2. The van der Waals surface area contributed by atoms with Gasteiger partial charge in [-0.3, -0.25) is 9.59 Å². The Kier molecular flexibility index (Phi) is 6.84. The number of carbonyl (C=O) groups is 2. The molecule has 3 aromatic rings. The Bertz CT molecular complexity index is 1170. The van der Waals surface area contributed by atoms with Crippen LogP contribution in [0.15, 0.2) is 53.3 Å². The van der Waals surface area contributed by atoms with E-state index in [1.54, 1.807) is 31.2 Å². The average molecular weight is 421 g/mol. The van der Waals surface area contributed by atoms with Crippen LogP contribution in [0.2, 0.25) is 0 Å². The largest absolute Gasteiger partial charge is 0.448 e. The Hall–Kier alpha value is -3.48. The lowest BCUT2D eigenvalue weighted by Crippen LogP contribution is -2.32. The van der Waals surface area contributed by atoms with Crippen molar-refractivity contribution in [1.29, 1.82) is 0 Å². The van der Waals surface area contributed by atoms with Gasteiger partial charge in [-0.05, 0) is 43.9 Å². The Morgan fingerprint density at radius 3 is 2.35 bits per heavy atom. The smallest absolute Gasteiger partial charge is 0.360 e. The van der Waals surface area contributed by atoms with E-state index in [-0.39, 0.29) is 17.2 Å². The lowest BCUT2D eigenvalue weighted by molar-refractivity contribution is -0.123. The van der Waals surface area contributed by atoms with Crippen LogP contribution in [0.4, 0.5) is 5.69 Å². The fraction of sp³-hybridized carbons (Fsp3) is 0.333. The number of rotatable bonds is 7. The van der Waals surface area contributed by atoms with Gasteiger partial charge in [-0.25, -0.2) is 9.48 Å². The zero-order valence-corrected chi connectivity index (χ0v) is 18.2. The molecule has 1 heterocycles. The zero-order chi connectivity index (χ0) is 22.5. The highest BCUT2D eigenvalue weighted by atomic mass is 16.5. The second-order valence-electron chi connectivity index (χ2n) is 7.45. The minimum Gasteiger partial charge on any atom is -0.448 e. The third kappa shape index (κ3) is 4.66. The second-order valence-corrected chi connectivity index (χ2v) is 7.45. The van der Waals surface area contributed by atoms with E-state index in [9.17, 15) is 14.4 Å². The van der Waals surface area contributed by atoms with Crippen LogP contribution in [-0.2, 0) is 16.1 Å². The molecule has 162 valence electrons. The van der Waals surface area contributed by atoms with Gasteiger partial charge in [0.2, 0.25) is 0 Å². The van der Waals surface area contributed by atoms with Gasteiger partial charge in [0, 0.05) is 17.6 Å². The van der Waals surface area contributed by atoms with Crippen molar-refractivity contribution >= 4 is 28.3 Å². The van der Waals surface area contributed by atoms with Crippen LogP contribution in [0.1, 0.15) is 56.1 Å². The van der Waals surface area contributed by atoms with E-state index in [0.717, 1.165) is 12.0 Å². The molecule has 0 saturated heterocycles. The number of fused-ring (bicyclic) bond motifs is 1. The maximum Gasteiger partial charge on any atom is 0.360 e. The molecule has 1 amide bonds. The number of esters is 1. The number of benzene rings is 2. The molecule has 1 aromatic heterocycles. The maximum atomic E-state index is 12.8. The number of hydrogen-bond acceptors (Lipinski definition) is 5. The van der Waals surface area contributed by atoms with E-state index < -0.39 is 18.0 Å². The number of hydrogen-bond donors (Lipinski definition) is 1. The van der Waals surface area contributed by atoms with Gasteiger partial charge < -0.3 is 10.1 Å². The van der Waals surface area contributed by atoms with Gasteiger partial charge in [-0.15, -0.1) is 0 Å². The van der Waals surface area contributed by atoms with Gasteiger partial charge >= 0.3 is 5.97 Å². The van der Waals surface area contributed by atoms with Crippen LogP contribution in [0.25, 0.3) is 10.8 Å². The van der Waals surface area contributed by atoms with Gasteiger partial charge in [0.15, 0.2) is 11.8 Å². The van der Waals surface area contributed by atoms with Crippen molar-refractivity contribution in [2.75, 3.05) is 5.32 Å². The summed E-state index contributed by atoms with van der Waals surface area (Å²) < 4.78 is 6.63. The summed E-state index contributed by atoms with van der Waals surface area (Å²) in [6.45, 7) is 7.77. The standard InChI is InChI=1S/C24H27N3O4/c1-5-15(3)17-11-9-10-14-20(17)25-22(28)16(4)31-24(30)21-18-12-7-8-13-19(18)23(29)27(6-2)26-21/h7-16H,5-6H2,1-4H3,(H,25,28)/t15-,16+/m1/s1. The van der Waals surface area contributed by atoms with E-state index in [0.29, 0.717) is 23.0 Å². The molecule has 0 radical (unpaired) electrons. The Labute approximate surface area is 181 Å². The first kappa shape index (κ1) is 22.2. The molecular weight excluding hydrogens is 394 g/mol. The Morgan fingerprint density at radius 1 is 1.03 bits per heavy atom. The molecule has 0 fully saturated rings. The highest BCUT2D eigenvalue weighted by Gasteiger charge is 2.24. The number of ether oxygens (including phenoxy) is 1. The molecule has 0 aliphatic carbocycles. The molecule has 0 aliphatic rings. The van der Waals surface area contributed by atoms with Crippen molar-refractivity contribution in [3.63, 3.8) is 0 Å². The minimum atomic E-state index is -1.04. The third-order valence-electron chi connectivity index (χ3n) is 5.38. The predicted molar refractivity (Wildman–Crippen MR) is 120 cm³/mol. The summed E-state index contributed by atoms with van der Waals surface area (Å²) in [5, 5.41) is 7.80. The third-order valence-corrected chi connectivity index (χ3v) is 5.38. The first-order chi connectivity index (χ1) is 14.9. The van der Waals surface area contributed by atoms with Crippen LogP contribution in [0.3, 0.4) is 0 Å². The normalized spacial score (nSPS) is 12.9. The summed E-state index contributed by atoms with van der Waals surface area (Å²) >= 11 is 0. The molecule has 7 heteroatoms. The Balaban J connectivity index is 1.83. The average Bonchev–Trinajstić information content (AvgIpc) is 2.79. The molecule has 0 bridgehead atoms. The first-order valence-electron chi connectivity index (χ1n) is 10.5. The summed E-state index contributed by atoms with van der Waals surface area (Å²) in [5.41, 5.74) is 1.46. The molecule has 2 aromatic carbocycles. The highest BCUT2D eigenvalue weighted by Crippen LogP contribution is 2.26. The molecule has 31 heavy (non-hydrogen) atoms. The number of aryl methyl sites for hydroxylation is 1. The summed E-state index contributed by atoms with van der Waals surface area (Å²) in [6, 6.07) is 14.3. The fourth-order valence-electron chi connectivity index (χ4n) is 3.36. The SMILES string of the molecule is CC[C@@H](C)c1ccccc1NC(=O)[C@H](C)OC(=O)c1nn(CC)c(=O)c2ccccc12. The number of carbonyl (C=O) groups excluding carboxylic acids is 2. The summed E-state index contributed by atoms with van der Waals surface area (Å²) in [7, 11) is 0. The van der Waals surface area contributed by atoms with E-state index in [1.807, 2.05) is 24.3 Å². The van der Waals surface area contributed by atoms with E-state index in [1.165, 1.54) is 11.6 Å². The number of amides is 1. The molecular formula is C24H27N3O4. The highest BCUT2D eigenvalue weighted by molar-refractivity contribution is 6.03. The number of para-hydroxylation sites is 1. The van der Waals surface area contributed by atoms with Gasteiger partial charge in [0.25, 0.3) is 11.5 Å². The van der Waals surface area contributed by atoms with Crippen LogP contribution in [0.5, 0.6) is 0 Å². The summed E-state index contributed by atoms with van der Waals surface area (Å²) in [4.78, 5) is 38.0. The quantitative estimate of drug-likeness (QED) is 0.580. The lowest BCUT2D eigenvalue weighted by Gasteiger charge is -2.18. The second kappa shape index (κ2) is 9.55. The van der Waals surface area contributed by atoms with Crippen molar-refractivity contribution in [2.45, 2.75) is 52.7 Å². The van der Waals surface area contributed by atoms with Crippen molar-refractivity contribution in [3.8, 4) is 0 Å². The van der Waals surface area contributed by atoms with Crippen molar-refractivity contribution in [1.82, 2.24) is 9.78 Å². The fourth-order valence-corrected chi connectivity index (χ4v) is 3.36. The zero-order valence-electron chi connectivity index (χ0n) is 18.2. The molecule has 0 aliphatic heterocycles. The van der Waals surface area contributed by atoms with Crippen LogP contribution in [-0.4, -0.2) is 27.8 Å². The number of nitrogens with one attached hydrogen (secondary N) is 1. The predicted octanol–water partition coefficient (Wildman–Crippen LogP) is 4.11. The van der Waals surface area contributed by atoms with Crippen molar-refractivity contribution in [3.05, 3.63) is 70.1 Å². The van der Waals surface area contributed by atoms with E-state index in [2.05, 4.69) is 24.3 Å². The summed E-state index contributed by atoms with van der Waals surface area (Å²) in [6.07, 6.45) is -0.108.